The van der Waals surface area contributed by atoms with Crippen molar-refractivity contribution >= 4 is 22.4 Å². The highest BCUT2D eigenvalue weighted by molar-refractivity contribution is 7.13. The van der Waals surface area contributed by atoms with Gasteiger partial charge in [0.15, 0.2) is 5.69 Å². The minimum Gasteiger partial charge on any atom is -0.299 e. The van der Waals surface area contributed by atoms with Crippen LogP contribution in [-0.2, 0) is 30.4 Å². The van der Waals surface area contributed by atoms with E-state index in [-0.39, 0.29) is 12.1 Å². The van der Waals surface area contributed by atoms with Crippen LogP contribution in [0.15, 0.2) is 5.51 Å². The molecule has 0 saturated heterocycles. The van der Waals surface area contributed by atoms with Crippen molar-refractivity contribution < 1.29 is 18.0 Å². The highest BCUT2D eigenvalue weighted by Crippen LogP contribution is 2.36. The molecule has 10 heteroatoms. The maximum absolute atomic E-state index is 12.9. The largest absolute Gasteiger partial charge is 0.435 e. The van der Waals surface area contributed by atoms with Crippen molar-refractivity contribution in [1.82, 2.24) is 20.0 Å². The molecule has 6 nitrogen and oxygen atoms in total. The molecule has 2 heterocycles. The third-order valence-corrected chi connectivity index (χ3v) is 3.78. The summed E-state index contributed by atoms with van der Waals surface area (Å²) in [5.41, 5.74) is 1.28. The molecule has 0 aromatic carbocycles. The molecular weight excluding hydrogens is 307 g/mol. The summed E-state index contributed by atoms with van der Waals surface area (Å²) in [5.74, 6) is -0.474. The fraction of sp³-hybridized carbons (Fsp3) is 0.455. The molecule has 0 atom stereocenters. The Morgan fingerprint density at radius 1 is 1.43 bits per heavy atom. The number of anilines is 1. The van der Waals surface area contributed by atoms with Crippen LogP contribution in [0.3, 0.4) is 0 Å². The Kier molecular flexibility index (Phi) is 3.40. The van der Waals surface area contributed by atoms with E-state index in [4.69, 9.17) is 0 Å². The topological polar surface area (TPSA) is 72.7 Å². The van der Waals surface area contributed by atoms with Crippen molar-refractivity contribution in [2.24, 2.45) is 0 Å². The third-order valence-electron chi connectivity index (χ3n) is 3.18. The van der Waals surface area contributed by atoms with E-state index in [0.717, 1.165) is 16.0 Å². The Balaban J connectivity index is 1.81. The van der Waals surface area contributed by atoms with Crippen LogP contribution in [0.2, 0.25) is 0 Å². The van der Waals surface area contributed by atoms with Crippen LogP contribution < -0.4 is 5.32 Å². The zero-order valence-corrected chi connectivity index (χ0v) is 11.5. The molecule has 0 bridgehead atoms. The number of halogens is 3. The summed E-state index contributed by atoms with van der Waals surface area (Å²) in [5, 5.41) is 13.6. The molecule has 0 spiro atoms. The summed E-state index contributed by atoms with van der Waals surface area (Å²) in [7, 11) is 0. The second-order valence-electron chi connectivity index (χ2n) is 4.57. The van der Waals surface area contributed by atoms with Crippen molar-refractivity contribution in [3.05, 3.63) is 22.5 Å². The highest BCUT2D eigenvalue weighted by atomic mass is 32.1. The average Bonchev–Trinajstić information content (AvgIpc) is 3.06. The summed E-state index contributed by atoms with van der Waals surface area (Å²) in [6.07, 6.45) is -2.99. The van der Waals surface area contributed by atoms with Crippen LogP contribution in [0.5, 0.6) is 0 Å². The van der Waals surface area contributed by atoms with Gasteiger partial charge in [0.05, 0.1) is 0 Å². The van der Waals surface area contributed by atoms with Gasteiger partial charge in [-0.05, 0) is 19.3 Å². The number of hydrogen-bond donors (Lipinski definition) is 1. The Morgan fingerprint density at radius 2 is 2.24 bits per heavy atom. The van der Waals surface area contributed by atoms with Crippen LogP contribution in [0.4, 0.5) is 18.3 Å². The first kappa shape index (κ1) is 14.0. The van der Waals surface area contributed by atoms with Crippen LogP contribution >= 0.6 is 11.3 Å². The Labute approximate surface area is 121 Å². The first-order valence-corrected chi connectivity index (χ1v) is 7.05. The standard InChI is InChI=1S/C11H10F3N5OS/c12-11(13,14)9-6-2-1-3-7(6)19(18-9)4-8(20)16-10-17-15-5-21-10/h5H,1-4H2,(H,16,17,20). The molecule has 3 rings (SSSR count). The van der Waals surface area contributed by atoms with Crippen molar-refractivity contribution in [2.45, 2.75) is 32.0 Å². The second-order valence-corrected chi connectivity index (χ2v) is 5.41. The summed E-state index contributed by atoms with van der Waals surface area (Å²) in [6, 6.07) is 0. The Bertz CT molecular complexity index is 664. The van der Waals surface area contributed by atoms with E-state index in [2.05, 4.69) is 20.6 Å². The summed E-state index contributed by atoms with van der Waals surface area (Å²) < 4.78 is 39.9. The van der Waals surface area contributed by atoms with E-state index < -0.39 is 17.8 Å². The first-order chi connectivity index (χ1) is 9.95. The smallest absolute Gasteiger partial charge is 0.299 e. The zero-order valence-electron chi connectivity index (χ0n) is 10.6. The van der Waals surface area contributed by atoms with Gasteiger partial charge in [0.25, 0.3) is 0 Å². The van der Waals surface area contributed by atoms with Gasteiger partial charge < -0.3 is 0 Å². The van der Waals surface area contributed by atoms with Gasteiger partial charge in [-0.25, -0.2) is 0 Å². The van der Waals surface area contributed by atoms with E-state index >= 15 is 0 Å². The van der Waals surface area contributed by atoms with E-state index in [0.29, 0.717) is 30.1 Å². The van der Waals surface area contributed by atoms with E-state index in [1.165, 1.54) is 5.51 Å². The van der Waals surface area contributed by atoms with Gasteiger partial charge in [-0.15, -0.1) is 10.2 Å². The summed E-state index contributed by atoms with van der Waals surface area (Å²) >= 11 is 1.13. The minimum absolute atomic E-state index is 0.214. The number of hydrogen-bond acceptors (Lipinski definition) is 5. The van der Waals surface area contributed by atoms with Crippen LogP contribution in [-0.4, -0.2) is 25.9 Å². The number of carbonyl (C=O) groups excluding carboxylic acids is 1. The lowest BCUT2D eigenvalue weighted by molar-refractivity contribution is -0.142. The molecule has 1 aliphatic rings. The second kappa shape index (κ2) is 5.10. The van der Waals surface area contributed by atoms with Gasteiger partial charge in [0.2, 0.25) is 11.0 Å². The van der Waals surface area contributed by atoms with Gasteiger partial charge in [-0.1, -0.05) is 11.3 Å². The molecule has 1 amide bonds. The predicted molar refractivity (Wildman–Crippen MR) is 67.8 cm³/mol. The number of fused-ring (bicyclic) bond motifs is 1. The monoisotopic (exact) mass is 317 g/mol. The van der Waals surface area contributed by atoms with E-state index in [9.17, 15) is 18.0 Å². The number of alkyl halides is 3. The summed E-state index contributed by atoms with van der Waals surface area (Å²) in [6.45, 7) is -0.266. The molecule has 2 aromatic heterocycles. The number of aromatic nitrogens is 4. The lowest BCUT2D eigenvalue weighted by atomic mass is 10.2. The third kappa shape index (κ3) is 2.75. The van der Waals surface area contributed by atoms with Gasteiger partial charge in [0, 0.05) is 11.3 Å². The zero-order chi connectivity index (χ0) is 15.0. The Morgan fingerprint density at radius 3 is 2.90 bits per heavy atom. The molecule has 0 radical (unpaired) electrons. The Hall–Kier alpha value is -1.97. The predicted octanol–water partition coefficient (Wildman–Crippen LogP) is 1.88. The van der Waals surface area contributed by atoms with Crippen LogP contribution in [0, 0.1) is 0 Å². The fourth-order valence-electron chi connectivity index (χ4n) is 2.39. The normalized spacial score (nSPS) is 14.2. The van der Waals surface area contributed by atoms with Crippen LogP contribution in [0.1, 0.15) is 23.4 Å². The number of carbonyl (C=O) groups is 1. The van der Waals surface area contributed by atoms with Gasteiger partial charge >= 0.3 is 6.18 Å². The molecule has 0 aliphatic heterocycles. The number of rotatable bonds is 3. The van der Waals surface area contributed by atoms with Crippen molar-refractivity contribution in [3.8, 4) is 0 Å². The van der Waals surface area contributed by atoms with Crippen molar-refractivity contribution in [2.75, 3.05) is 5.32 Å². The maximum atomic E-state index is 12.9. The molecule has 112 valence electrons. The van der Waals surface area contributed by atoms with Gasteiger partial charge in [-0.2, -0.15) is 18.3 Å². The maximum Gasteiger partial charge on any atom is 0.435 e. The molecule has 0 unspecified atom stereocenters. The lowest BCUT2D eigenvalue weighted by Crippen LogP contribution is -2.21. The quantitative estimate of drug-likeness (QED) is 0.938. The fourth-order valence-corrected chi connectivity index (χ4v) is 2.85. The number of amides is 1. The molecule has 1 N–H and O–H groups in total. The van der Waals surface area contributed by atoms with Gasteiger partial charge in [0.1, 0.15) is 12.1 Å². The van der Waals surface area contributed by atoms with Crippen molar-refractivity contribution in [3.63, 3.8) is 0 Å². The van der Waals surface area contributed by atoms with E-state index in [1.54, 1.807) is 0 Å². The van der Waals surface area contributed by atoms with E-state index in [1.807, 2.05) is 0 Å². The van der Waals surface area contributed by atoms with Crippen molar-refractivity contribution in [1.29, 1.82) is 0 Å². The molecular formula is C11H10F3N5OS. The first-order valence-electron chi connectivity index (χ1n) is 6.17. The minimum atomic E-state index is -4.49. The number of nitrogens with one attached hydrogen (secondary N) is 1. The number of nitrogens with zero attached hydrogens (tertiary/aromatic N) is 4. The van der Waals surface area contributed by atoms with Crippen LogP contribution in [0.25, 0.3) is 0 Å². The molecule has 1 aliphatic carbocycles. The highest BCUT2D eigenvalue weighted by Gasteiger charge is 2.40. The SMILES string of the molecule is O=C(Cn1nc(C(F)(F)F)c2c1CCC2)Nc1nncs1. The molecule has 21 heavy (non-hydrogen) atoms. The molecule has 2 aromatic rings. The lowest BCUT2D eigenvalue weighted by Gasteiger charge is -2.05. The molecule has 0 saturated carbocycles. The summed E-state index contributed by atoms with van der Waals surface area (Å²) in [4.78, 5) is 11.8. The molecule has 0 fully saturated rings. The average molecular weight is 317 g/mol. The van der Waals surface area contributed by atoms with Gasteiger partial charge in [-0.3, -0.25) is 14.8 Å².